The summed E-state index contributed by atoms with van der Waals surface area (Å²) in [5.74, 6) is -0.0943. The minimum atomic E-state index is -0.953. The van der Waals surface area contributed by atoms with Crippen LogP contribution in [0, 0.1) is 0 Å². The predicted octanol–water partition coefficient (Wildman–Crippen LogP) is 10.2. The molecule has 0 bridgehead atoms. The Morgan fingerprint density at radius 2 is 1.05 bits per heavy atom. The topological polar surface area (TPSA) is 66.8 Å². The first kappa shape index (κ1) is 35.5. The maximum Gasteiger partial charge on any atom is 0.308 e. The molecule has 0 aliphatic heterocycles. The summed E-state index contributed by atoms with van der Waals surface area (Å²) in [6.45, 7) is 14.9. The molecule has 0 spiro atoms. The molecule has 4 nitrogen and oxygen atoms in total. The average Bonchev–Trinajstić information content (AvgIpc) is 2.84. The monoisotopic (exact) mass is 546 g/mol. The fourth-order valence-corrected chi connectivity index (χ4v) is 5.16. The molecule has 0 aliphatic rings. The van der Waals surface area contributed by atoms with Gasteiger partial charge in [0.2, 0.25) is 0 Å². The van der Waals surface area contributed by atoms with Crippen molar-refractivity contribution in [3.8, 4) is 5.75 Å². The second-order valence-corrected chi connectivity index (χ2v) is 13.7. The maximum absolute atomic E-state index is 12.4. The first-order chi connectivity index (χ1) is 18.4. The van der Waals surface area contributed by atoms with E-state index in [2.05, 4.69) is 6.92 Å². The maximum atomic E-state index is 12.4. The molecule has 1 rings (SSSR count). The molecule has 0 amide bonds. The van der Waals surface area contributed by atoms with Crippen molar-refractivity contribution in [1.29, 1.82) is 0 Å². The number of rotatable bonds is 20. The van der Waals surface area contributed by atoms with Crippen molar-refractivity contribution in [3.63, 3.8) is 0 Å². The summed E-state index contributed by atoms with van der Waals surface area (Å²) < 4.78 is 5.42. The number of phenols is 1. The smallest absolute Gasteiger partial charge is 0.308 e. The van der Waals surface area contributed by atoms with Gasteiger partial charge in [-0.05, 0) is 46.1 Å². The summed E-state index contributed by atoms with van der Waals surface area (Å²) in [6, 6.07) is 3.66. The molecule has 0 aromatic heterocycles. The van der Waals surface area contributed by atoms with Gasteiger partial charge in [-0.15, -0.1) is 0 Å². The third kappa shape index (κ3) is 15.1. The summed E-state index contributed by atoms with van der Waals surface area (Å²) in [4.78, 5) is 12.4. The highest BCUT2D eigenvalue weighted by Gasteiger charge is 2.28. The highest BCUT2D eigenvalue weighted by molar-refractivity contribution is 5.70. The van der Waals surface area contributed by atoms with Crippen molar-refractivity contribution in [3.05, 3.63) is 28.8 Å². The van der Waals surface area contributed by atoms with Crippen LogP contribution in [-0.4, -0.2) is 22.8 Å². The Bertz CT molecular complexity index is 765. The van der Waals surface area contributed by atoms with Gasteiger partial charge in [0.15, 0.2) is 0 Å². The van der Waals surface area contributed by atoms with Crippen LogP contribution in [0.25, 0.3) is 0 Å². The van der Waals surface area contributed by atoms with Gasteiger partial charge >= 0.3 is 5.97 Å². The van der Waals surface area contributed by atoms with Crippen molar-refractivity contribution in [2.45, 2.75) is 175 Å². The van der Waals surface area contributed by atoms with Crippen molar-refractivity contribution in [2.75, 3.05) is 6.61 Å². The summed E-state index contributed by atoms with van der Waals surface area (Å²) in [7, 11) is 0. The van der Waals surface area contributed by atoms with E-state index in [4.69, 9.17) is 4.74 Å². The summed E-state index contributed by atoms with van der Waals surface area (Å²) in [5, 5.41) is 21.7. The Balaban J connectivity index is 2.21. The number of unbranched alkanes of at least 4 members (excludes halogenated alkanes) is 15. The Labute approximate surface area is 241 Å². The van der Waals surface area contributed by atoms with E-state index in [1.54, 1.807) is 0 Å². The lowest BCUT2D eigenvalue weighted by Gasteiger charge is -2.29. The molecule has 1 aromatic rings. The van der Waals surface area contributed by atoms with Gasteiger partial charge in [0.25, 0.3) is 0 Å². The summed E-state index contributed by atoms with van der Waals surface area (Å²) in [5.41, 5.74) is 1.65. The Morgan fingerprint density at radius 3 is 1.41 bits per heavy atom. The Kier molecular flexibility index (Phi) is 17.0. The molecule has 0 radical (unpaired) electrons. The molecule has 4 heteroatoms. The first-order valence-electron chi connectivity index (χ1n) is 16.1. The number of ether oxygens (including phenoxy) is 1. The standard InChI is InChI=1S/C35H62O4/c1-8-9-10-11-12-13-14-15-16-17-18-19-20-21-22-23-24-39-32(37)27-31(36)28-25-29(34(2,3)4)33(38)30(26-28)35(5,6)7/h25-26,31,36,38H,8-24,27H2,1-7H3. The van der Waals surface area contributed by atoms with Gasteiger partial charge in [-0.1, -0.05) is 145 Å². The van der Waals surface area contributed by atoms with E-state index in [1.165, 1.54) is 89.9 Å². The van der Waals surface area contributed by atoms with E-state index in [0.29, 0.717) is 12.2 Å². The number of hydrogen-bond acceptors (Lipinski definition) is 4. The minimum absolute atomic E-state index is 0.0726. The van der Waals surface area contributed by atoms with Crippen LogP contribution in [0.3, 0.4) is 0 Å². The lowest BCUT2D eigenvalue weighted by Crippen LogP contribution is -2.19. The van der Waals surface area contributed by atoms with Crippen LogP contribution in [0.2, 0.25) is 0 Å². The van der Waals surface area contributed by atoms with Gasteiger partial charge in [-0.3, -0.25) is 4.79 Å². The molecule has 0 heterocycles. The van der Waals surface area contributed by atoms with Gasteiger partial charge in [0, 0.05) is 0 Å². The number of aliphatic hydroxyl groups is 1. The molecule has 0 aliphatic carbocycles. The quantitative estimate of drug-likeness (QED) is 0.126. The molecule has 1 atom stereocenters. The zero-order valence-corrected chi connectivity index (χ0v) is 26.7. The van der Waals surface area contributed by atoms with Gasteiger partial charge < -0.3 is 14.9 Å². The van der Waals surface area contributed by atoms with Crippen LogP contribution in [0.5, 0.6) is 5.75 Å². The zero-order valence-electron chi connectivity index (χ0n) is 26.7. The Hall–Kier alpha value is -1.55. The molecule has 39 heavy (non-hydrogen) atoms. The molecule has 0 saturated carbocycles. The van der Waals surface area contributed by atoms with Crippen molar-refractivity contribution in [2.24, 2.45) is 0 Å². The van der Waals surface area contributed by atoms with E-state index in [0.717, 1.165) is 24.0 Å². The number of aliphatic hydroxyl groups excluding tert-OH is 1. The summed E-state index contributed by atoms with van der Waals surface area (Å²) >= 11 is 0. The van der Waals surface area contributed by atoms with E-state index in [9.17, 15) is 15.0 Å². The first-order valence-corrected chi connectivity index (χ1v) is 16.1. The van der Waals surface area contributed by atoms with Crippen LogP contribution in [-0.2, 0) is 20.4 Å². The highest BCUT2D eigenvalue weighted by Crippen LogP contribution is 2.41. The zero-order chi connectivity index (χ0) is 29.3. The van der Waals surface area contributed by atoms with Crippen LogP contribution in [0.15, 0.2) is 12.1 Å². The van der Waals surface area contributed by atoms with E-state index >= 15 is 0 Å². The second-order valence-electron chi connectivity index (χ2n) is 13.7. The Morgan fingerprint density at radius 1 is 0.692 bits per heavy atom. The van der Waals surface area contributed by atoms with Crippen molar-refractivity contribution < 1.29 is 19.7 Å². The fraction of sp³-hybridized carbons (Fsp3) is 0.800. The van der Waals surface area contributed by atoms with E-state index < -0.39 is 6.10 Å². The van der Waals surface area contributed by atoms with Crippen molar-refractivity contribution >= 4 is 5.97 Å². The molecule has 226 valence electrons. The number of hydrogen-bond donors (Lipinski definition) is 2. The molecular formula is C35H62O4. The van der Waals surface area contributed by atoms with Crippen LogP contribution < -0.4 is 0 Å². The normalized spacial score (nSPS) is 13.0. The minimum Gasteiger partial charge on any atom is -0.507 e. The number of carbonyl (C=O) groups excluding carboxylic acids is 1. The lowest BCUT2D eigenvalue weighted by molar-refractivity contribution is -0.146. The fourth-order valence-electron chi connectivity index (χ4n) is 5.16. The molecule has 2 N–H and O–H groups in total. The molecule has 1 aromatic carbocycles. The van der Waals surface area contributed by atoms with E-state index in [1.807, 2.05) is 53.7 Å². The molecule has 0 saturated heterocycles. The van der Waals surface area contributed by atoms with Gasteiger partial charge in [0.1, 0.15) is 5.75 Å². The number of phenolic OH excluding ortho intramolecular Hbond substituents is 1. The van der Waals surface area contributed by atoms with Crippen LogP contribution in [0.1, 0.15) is 180 Å². The predicted molar refractivity (Wildman–Crippen MR) is 166 cm³/mol. The van der Waals surface area contributed by atoms with Crippen LogP contribution >= 0.6 is 0 Å². The van der Waals surface area contributed by atoms with Gasteiger partial charge in [-0.25, -0.2) is 0 Å². The average molecular weight is 547 g/mol. The third-order valence-corrected chi connectivity index (χ3v) is 7.75. The van der Waals surface area contributed by atoms with Gasteiger partial charge in [-0.2, -0.15) is 0 Å². The number of carbonyl (C=O) groups is 1. The van der Waals surface area contributed by atoms with E-state index in [-0.39, 0.29) is 29.0 Å². The largest absolute Gasteiger partial charge is 0.507 e. The van der Waals surface area contributed by atoms with Gasteiger partial charge in [0.05, 0.1) is 19.1 Å². The highest BCUT2D eigenvalue weighted by atomic mass is 16.5. The molecular weight excluding hydrogens is 484 g/mol. The van der Waals surface area contributed by atoms with Crippen molar-refractivity contribution in [1.82, 2.24) is 0 Å². The second kappa shape index (κ2) is 18.7. The third-order valence-electron chi connectivity index (χ3n) is 7.75. The SMILES string of the molecule is CCCCCCCCCCCCCCCCCCOC(=O)CC(O)c1cc(C(C)(C)C)c(O)c(C(C)(C)C)c1. The number of esters is 1. The lowest BCUT2D eigenvalue weighted by atomic mass is 9.78. The van der Waals surface area contributed by atoms with Crippen LogP contribution in [0.4, 0.5) is 0 Å². The molecule has 1 unspecified atom stereocenters. The summed E-state index contributed by atoms with van der Waals surface area (Å²) in [6.07, 6.45) is 20.0. The number of aromatic hydroxyl groups is 1. The number of benzene rings is 1. The molecule has 0 fully saturated rings.